The molecule has 0 aromatic heterocycles. The van der Waals surface area contributed by atoms with Gasteiger partial charge in [0.1, 0.15) is 0 Å². The van der Waals surface area contributed by atoms with Gasteiger partial charge in [0, 0.05) is 17.1 Å². The zero-order valence-corrected chi connectivity index (χ0v) is 13.4. The summed E-state index contributed by atoms with van der Waals surface area (Å²) in [6.45, 7) is 1.39. The van der Waals surface area contributed by atoms with Gasteiger partial charge in [0.25, 0.3) is 0 Å². The second-order valence-electron chi connectivity index (χ2n) is 5.75. The van der Waals surface area contributed by atoms with Crippen LogP contribution in [-0.2, 0) is 0 Å². The molecule has 0 heterocycles. The monoisotopic (exact) mass is 313 g/mol. The van der Waals surface area contributed by atoms with E-state index in [-0.39, 0.29) is 5.78 Å². The molecular weight excluding hydrogens is 293 g/mol. The van der Waals surface area contributed by atoms with Crippen LogP contribution in [0.4, 0.5) is 0 Å². The summed E-state index contributed by atoms with van der Waals surface area (Å²) < 4.78 is 0. The van der Waals surface area contributed by atoms with Crippen molar-refractivity contribution in [1.82, 2.24) is 4.90 Å². The highest BCUT2D eigenvalue weighted by molar-refractivity contribution is 6.36. The lowest BCUT2D eigenvalue weighted by atomic mass is 9.89. The Balaban J connectivity index is 1.91. The van der Waals surface area contributed by atoms with Gasteiger partial charge >= 0.3 is 0 Å². The van der Waals surface area contributed by atoms with Gasteiger partial charge in [-0.3, -0.25) is 9.69 Å². The van der Waals surface area contributed by atoms with E-state index in [1.54, 1.807) is 18.2 Å². The molecule has 4 heteroatoms. The van der Waals surface area contributed by atoms with E-state index < -0.39 is 0 Å². The number of hydrogen-bond acceptors (Lipinski definition) is 2. The van der Waals surface area contributed by atoms with E-state index in [0.29, 0.717) is 22.2 Å². The molecule has 0 spiro atoms. The minimum absolute atomic E-state index is 0.0378. The third kappa shape index (κ3) is 4.47. The predicted molar refractivity (Wildman–Crippen MR) is 84.9 cm³/mol. The fourth-order valence-corrected chi connectivity index (χ4v) is 3.31. The number of carbonyl (C=O) groups is 1. The summed E-state index contributed by atoms with van der Waals surface area (Å²) >= 11 is 12.0. The van der Waals surface area contributed by atoms with Gasteiger partial charge in [-0.25, -0.2) is 0 Å². The molecule has 1 aromatic carbocycles. The largest absolute Gasteiger partial charge is 0.299 e. The third-order valence-electron chi connectivity index (χ3n) is 3.94. The average Bonchev–Trinajstić information content (AvgIpc) is 2.42. The van der Waals surface area contributed by atoms with Crippen LogP contribution in [-0.4, -0.2) is 30.8 Å². The van der Waals surface area contributed by atoms with Gasteiger partial charge in [-0.15, -0.1) is 0 Å². The van der Waals surface area contributed by atoms with E-state index in [4.69, 9.17) is 23.2 Å². The molecule has 20 heavy (non-hydrogen) atoms. The number of benzene rings is 1. The number of ketones is 1. The van der Waals surface area contributed by atoms with Gasteiger partial charge in [-0.05, 0) is 44.0 Å². The molecule has 1 aromatic rings. The van der Waals surface area contributed by atoms with Crippen LogP contribution in [0.1, 0.15) is 42.5 Å². The summed E-state index contributed by atoms with van der Waals surface area (Å²) in [6.07, 6.45) is 6.59. The first-order valence-corrected chi connectivity index (χ1v) is 7.98. The van der Waals surface area contributed by atoms with Crippen LogP contribution < -0.4 is 0 Å². The van der Waals surface area contributed by atoms with Crippen molar-refractivity contribution in [3.63, 3.8) is 0 Å². The molecule has 0 radical (unpaired) electrons. The van der Waals surface area contributed by atoms with Crippen LogP contribution in [0.3, 0.4) is 0 Å². The van der Waals surface area contributed by atoms with Crippen molar-refractivity contribution < 1.29 is 4.79 Å². The number of likely N-dealkylation sites (N-methyl/N-ethyl adjacent to an activating group) is 1. The summed E-state index contributed by atoms with van der Waals surface area (Å²) in [5.41, 5.74) is 0.523. The Morgan fingerprint density at radius 1 is 1.25 bits per heavy atom. The Hall–Kier alpha value is -0.570. The molecule has 0 aliphatic heterocycles. The molecule has 1 aliphatic rings. The molecule has 0 atom stereocenters. The number of rotatable bonds is 5. The molecule has 0 amide bonds. The maximum Gasteiger partial charge on any atom is 0.178 e. The van der Waals surface area contributed by atoms with Gasteiger partial charge < -0.3 is 0 Å². The number of nitrogens with zero attached hydrogens (tertiary/aromatic N) is 1. The average molecular weight is 314 g/mol. The van der Waals surface area contributed by atoms with Gasteiger partial charge in [0.05, 0.1) is 11.6 Å². The van der Waals surface area contributed by atoms with Crippen molar-refractivity contribution in [2.45, 2.75) is 32.1 Å². The topological polar surface area (TPSA) is 20.3 Å². The van der Waals surface area contributed by atoms with Crippen LogP contribution in [0.25, 0.3) is 0 Å². The van der Waals surface area contributed by atoms with E-state index in [9.17, 15) is 4.79 Å². The summed E-state index contributed by atoms with van der Waals surface area (Å²) in [5.74, 6) is 0.771. The zero-order chi connectivity index (χ0) is 14.5. The summed E-state index contributed by atoms with van der Waals surface area (Å²) in [6, 6.07) is 5.03. The molecule has 2 rings (SSSR count). The van der Waals surface area contributed by atoms with E-state index in [2.05, 4.69) is 4.90 Å². The third-order valence-corrected chi connectivity index (χ3v) is 4.50. The Bertz CT molecular complexity index is 470. The first kappa shape index (κ1) is 15.8. The van der Waals surface area contributed by atoms with Crippen molar-refractivity contribution in [3.05, 3.63) is 33.8 Å². The fraction of sp³-hybridized carbons (Fsp3) is 0.562. The Morgan fingerprint density at radius 2 is 1.95 bits per heavy atom. The number of hydrogen-bond donors (Lipinski definition) is 0. The van der Waals surface area contributed by atoms with E-state index in [0.717, 1.165) is 12.5 Å². The highest BCUT2D eigenvalue weighted by Gasteiger charge is 2.18. The normalized spacial score (nSPS) is 16.6. The van der Waals surface area contributed by atoms with Crippen LogP contribution in [0.2, 0.25) is 10.0 Å². The van der Waals surface area contributed by atoms with Crippen molar-refractivity contribution in [1.29, 1.82) is 0 Å². The SMILES string of the molecule is CN(CC(=O)c1cc(Cl)ccc1Cl)CC1CCCCC1. The molecule has 110 valence electrons. The quantitative estimate of drug-likeness (QED) is 0.735. The molecule has 0 saturated heterocycles. The molecule has 1 fully saturated rings. The highest BCUT2D eigenvalue weighted by atomic mass is 35.5. The van der Waals surface area contributed by atoms with Crippen molar-refractivity contribution in [2.75, 3.05) is 20.1 Å². The minimum atomic E-state index is 0.0378. The molecule has 1 saturated carbocycles. The van der Waals surface area contributed by atoms with Crippen molar-refractivity contribution in [2.24, 2.45) is 5.92 Å². The molecule has 2 nitrogen and oxygen atoms in total. The fourth-order valence-electron chi connectivity index (χ4n) is 2.92. The van der Waals surface area contributed by atoms with Crippen LogP contribution >= 0.6 is 23.2 Å². The molecule has 0 N–H and O–H groups in total. The summed E-state index contributed by atoms with van der Waals surface area (Å²) in [7, 11) is 2.00. The number of Topliss-reactive ketones (excluding diaryl/α,β-unsaturated/α-hetero) is 1. The van der Waals surface area contributed by atoms with Gasteiger partial charge in [0.15, 0.2) is 5.78 Å². The predicted octanol–water partition coefficient (Wildman–Crippen LogP) is 4.69. The minimum Gasteiger partial charge on any atom is -0.299 e. The lowest BCUT2D eigenvalue weighted by molar-refractivity contribution is 0.0932. The Labute approximate surface area is 131 Å². The maximum absolute atomic E-state index is 12.3. The van der Waals surface area contributed by atoms with Crippen LogP contribution in [0.15, 0.2) is 18.2 Å². The Kier molecular flexibility index (Phi) is 5.88. The van der Waals surface area contributed by atoms with Gasteiger partial charge in [-0.2, -0.15) is 0 Å². The lowest BCUT2D eigenvalue weighted by Crippen LogP contribution is -2.31. The van der Waals surface area contributed by atoms with E-state index in [1.807, 2.05) is 7.05 Å². The number of halogens is 2. The van der Waals surface area contributed by atoms with Crippen LogP contribution in [0, 0.1) is 5.92 Å². The van der Waals surface area contributed by atoms with Crippen LogP contribution in [0.5, 0.6) is 0 Å². The second kappa shape index (κ2) is 7.44. The second-order valence-corrected chi connectivity index (χ2v) is 6.59. The molecule has 0 unspecified atom stereocenters. The van der Waals surface area contributed by atoms with Crippen molar-refractivity contribution >= 4 is 29.0 Å². The van der Waals surface area contributed by atoms with Gasteiger partial charge in [-0.1, -0.05) is 42.5 Å². The van der Waals surface area contributed by atoms with E-state index in [1.165, 1.54) is 32.1 Å². The zero-order valence-electron chi connectivity index (χ0n) is 11.9. The molecule has 0 bridgehead atoms. The molecule has 1 aliphatic carbocycles. The number of carbonyl (C=O) groups excluding carboxylic acids is 1. The smallest absolute Gasteiger partial charge is 0.178 e. The lowest BCUT2D eigenvalue weighted by Gasteiger charge is -2.26. The maximum atomic E-state index is 12.3. The van der Waals surface area contributed by atoms with Crippen molar-refractivity contribution in [3.8, 4) is 0 Å². The first-order valence-electron chi connectivity index (χ1n) is 7.23. The van der Waals surface area contributed by atoms with E-state index >= 15 is 0 Å². The first-order chi connectivity index (χ1) is 9.56. The highest BCUT2D eigenvalue weighted by Crippen LogP contribution is 2.25. The Morgan fingerprint density at radius 3 is 2.65 bits per heavy atom. The van der Waals surface area contributed by atoms with Gasteiger partial charge in [0.2, 0.25) is 0 Å². The summed E-state index contributed by atoms with van der Waals surface area (Å²) in [4.78, 5) is 14.4. The standard InChI is InChI=1S/C16H21Cl2NO/c1-19(10-12-5-3-2-4-6-12)11-16(20)14-9-13(17)7-8-15(14)18/h7-9,12H,2-6,10-11H2,1H3. The summed E-state index contributed by atoms with van der Waals surface area (Å²) in [5, 5.41) is 1.03. The molecular formula is C16H21Cl2NO.